The van der Waals surface area contributed by atoms with Gasteiger partial charge in [0, 0.05) is 24.1 Å². The van der Waals surface area contributed by atoms with Crippen molar-refractivity contribution in [2.75, 3.05) is 21.3 Å². The second-order valence-corrected chi connectivity index (χ2v) is 5.21. The van der Waals surface area contributed by atoms with E-state index in [2.05, 4.69) is 13.0 Å². The molecular weight excluding hydrogens is 242 g/mol. The average Bonchev–Trinajstić information content (AvgIpc) is 3.19. The Morgan fingerprint density at radius 2 is 1.89 bits per heavy atom. The van der Waals surface area contributed by atoms with Gasteiger partial charge in [0.05, 0.1) is 20.8 Å². The normalized spacial score (nSPS) is 17.9. The van der Waals surface area contributed by atoms with Crippen LogP contribution >= 0.6 is 0 Å². The molecule has 1 aliphatic rings. The summed E-state index contributed by atoms with van der Waals surface area (Å²) < 4.78 is 16.2. The lowest BCUT2D eigenvalue weighted by Gasteiger charge is -2.25. The van der Waals surface area contributed by atoms with E-state index in [1.54, 1.807) is 21.3 Å². The second-order valence-electron chi connectivity index (χ2n) is 5.21. The molecule has 4 nitrogen and oxygen atoms in total. The van der Waals surface area contributed by atoms with Crippen molar-refractivity contribution < 1.29 is 14.2 Å². The van der Waals surface area contributed by atoms with E-state index in [9.17, 15) is 0 Å². The third-order valence-corrected chi connectivity index (χ3v) is 4.13. The zero-order valence-electron chi connectivity index (χ0n) is 12.2. The van der Waals surface area contributed by atoms with Crippen LogP contribution in [0.15, 0.2) is 12.1 Å². The molecular formula is C15H23NO3. The largest absolute Gasteiger partial charge is 0.493 e. The Morgan fingerprint density at radius 1 is 1.21 bits per heavy atom. The first-order chi connectivity index (χ1) is 9.10. The Labute approximate surface area is 114 Å². The molecule has 1 saturated carbocycles. The van der Waals surface area contributed by atoms with E-state index in [-0.39, 0.29) is 11.5 Å². The topological polar surface area (TPSA) is 53.7 Å². The van der Waals surface area contributed by atoms with E-state index in [4.69, 9.17) is 19.9 Å². The first-order valence-corrected chi connectivity index (χ1v) is 6.59. The molecule has 1 aliphatic carbocycles. The lowest BCUT2D eigenvalue weighted by molar-refractivity contribution is 0.179. The van der Waals surface area contributed by atoms with Crippen molar-refractivity contribution in [1.82, 2.24) is 0 Å². The van der Waals surface area contributed by atoms with Gasteiger partial charge in [-0.05, 0) is 31.4 Å². The van der Waals surface area contributed by atoms with Gasteiger partial charge in [-0.1, -0.05) is 6.07 Å². The number of nitrogens with two attached hydrogens (primary N) is 1. The maximum absolute atomic E-state index is 6.18. The first-order valence-electron chi connectivity index (χ1n) is 6.59. The Hall–Kier alpha value is -1.26. The van der Waals surface area contributed by atoms with Crippen LogP contribution < -0.4 is 15.2 Å². The summed E-state index contributed by atoms with van der Waals surface area (Å²) in [6, 6.07) is 4.18. The Kier molecular flexibility index (Phi) is 4.02. The second kappa shape index (κ2) is 5.39. The third-order valence-electron chi connectivity index (χ3n) is 4.13. The molecule has 0 spiro atoms. The maximum Gasteiger partial charge on any atom is 0.166 e. The van der Waals surface area contributed by atoms with Crippen LogP contribution in [0.3, 0.4) is 0 Å². The minimum Gasteiger partial charge on any atom is -0.493 e. The summed E-state index contributed by atoms with van der Waals surface area (Å²) in [5.74, 6) is 1.49. The Bertz CT molecular complexity index is 453. The molecule has 0 aliphatic heterocycles. The number of methoxy groups -OCH3 is 3. The highest BCUT2D eigenvalue weighted by atomic mass is 16.5. The number of hydrogen-bond acceptors (Lipinski definition) is 4. The molecule has 0 bridgehead atoms. The van der Waals surface area contributed by atoms with Gasteiger partial charge in [0.2, 0.25) is 0 Å². The van der Waals surface area contributed by atoms with Crippen molar-refractivity contribution in [1.29, 1.82) is 0 Å². The maximum atomic E-state index is 6.18. The molecule has 0 radical (unpaired) electrons. The van der Waals surface area contributed by atoms with Gasteiger partial charge in [0.15, 0.2) is 11.5 Å². The van der Waals surface area contributed by atoms with Gasteiger partial charge < -0.3 is 19.9 Å². The minimum atomic E-state index is 0.0768. The molecule has 19 heavy (non-hydrogen) atoms. The first kappa shape index (κ1) is 14.2. The molecule has 4 heteroatoms. The molecule has 2 N–H and O–H groups in total. The average molecular weight is 265 g/mol. The SMILES string of the molecule is COCc1c(C2(C(C)N)CC2)ccc(OC)c1OC. The summed E-state index contributed by atoms with van der Waals surface area (Å²) in [5, 5.41) is 0. The van der Waals surface area contributed by atoms with Gasteiger partial charge in [-0.25, -0.2) is 0 Å². The molecule has 0 aromatic heterocycles. The van der Waals surface area contributed by atoms with Gasteiger partial charge in [-0.15, -0.1) is 0 Å². The lowest BCUT2D eigenvalue weighted by Crippen LogP contribution is -2.32. The number of ether oxygens (including phenoxy) is 3. The molecule has 1 unspecified atom stereocenters. The van der Waals surface area contributed by atoms with Crippen molar-refractivity contribution in [3.63, 3.8) is 0 Å². The molecule has 2 rings (SSSR count). The molecule has 106 valence electrons. The molecule has 1 aromatic rings. The Balaban J connectivity index is 2.55. The Morgan fingerprint density at radius 3 is 2.32 bits per heavy atom. The van der Waals surface area contributed by atoms with Crippen LogP contribution in [0.25, 0.3) is 0 Å². The van der Waals surface area contributed by atoms with Crippen LogP contribution in [-0.2, 0) is 16.8 Å². The van der Waals surface area contributed by atoms with Crippen LogP contribution in [0.2, 0.25) is 0 Å². The van der Waals surface area contributed by atoms with Crippen LogP contribution in [-0.4, -0.2) is 27.4 Å². The third kappa shape index (κ3) is 2.30. The van der Waals surface area contributed by atoms with E-state index in [1.807, 2.05) is 6.07 Å². The van der Waals surface area contributed by atoms with E-state index >= 15 is 0 Å². The molecule has 1 aromatic carbocycles. The van der Waals surface area contributed by atoms with E-state index in [0.29, 0.717) is 6.61 Å². The quantitative estimate of drug-likeness (QED) is 0.857. The molecule has 1 atom stereocenters. The van der Waals surface area contributed by atoms with Gasteiger partial charge in [-0.3, -0.25) is 0 Å². The fourth-order valence-corrected chi connectivity index (χ4v) is 2.85. The van der Waals surface area contributed by atoms with Crippen LogP contribution in [0.5, 0.6) is 11.5 Å². The van der Waals surface area contributed by atoms with Crippen molar-refractivity contribution in [2.45, 2.75) is 37.8 Å². The van der Waals surface area contributed by atoms with Crippen molar-refractivity contribution >= 4 is 0 Å². The van der Waals surface area contributed by atoms with Crippen molar-refractivity contribution in [3.05, 3.63) is 23.3 Å². The van der Waals surface area contributed by atoms with Gasteiger partial charge in [0.25, 0.3) is 0 Å². The number of benzene rings is 1. The van der Waals surface area contributed by atoms with Crippen LogP contribution in [0.1, 0.15) is 30.9 Å². The van der Waals surface area contributed by atoms with E-state index < -0.39 is 0 Å². The highest BCUT2D eigenvalue weighted by molar-refractivity contribution is 5.54. The van der Waals surface area contributed by atoms with E-state index in [0.717, 1.165) is 29.9 Å². The summed E-state index contributed by atoms with van der Waals surface area (Å²) in [6.07, 6.45) is 2.24. The lowest BCUT2D eigenvalue weighted by atomic mass is 9.85. The van der Waals surface area contributed by atoms with Crippen molar-refractivity contribution in [3.8, 4) is 11.5 Å². The monoisotopic (exact) mass is 265 g/mol. The van der Waals surface area contributed by atoms with Crippen LogP contribution in [0.4, 0.5) is 0 Å². The van der Waals surface area contributed by atoms with Crippen molar-refractivity contribution in [2.24, 2.45) is 5.73 Å². The van der Waals surface area contributed by atoms with Gasteiger partial charge in [0.1, 0.15) is 0 Å². The minimum absolute atomic E-state index is 0.0768. The predicted octanol–water partition coefficient (Wildman–Crippen LogP) is 2.23. The summed E-state index contributed by atoms with van der Waals surface area (Å²) >= 11 is 0. The highest BCUT2D eigenvalue weighted by Gasteiger charge is 2.49. The number of hydrogen-bond donors (Lipinski definition) is 1. The summed E-state index contributed by atoms with van der Waals surface area (Å²) in [5.41, 5.74) is 8.55. The zero-order chi connectivity index (χ0) is 14.0. The summed E-state index contributed by atoms with van der Waals surface area (Å²) in [4.78, 5) is 0. The smallest absolute Gasteiger partial charge is 0.166 e. The molecule has 0 heterocycles. The van der Waals surface area contributed by atoms with Gasteiger partial charge in [-0.2, -0.15) is 0 Å². The zero-order valence-corrected chi connectivity index (χ0v) is 12.2. The fourth-order valence-electron chi connectivity index (χ4n) is 2.85. The molecule has 1 fully saturated rings. The number of rotatable bonds is 6. The van der Waals surface area contributed by atoms with Crippen LogP contribution in [0, 0.1) is 0 Å². The molecule has 0 saturated heterocycles. The summed E-state index contributed by atoms with van der Waals surface area (Å²) in [7, 11) is 4.99. The highest BCUT2D eigenvalue weighted by Crippen LogP contribution is 2.53. The predicted molar refractivity (Wildman–Crippen MR) is 74.8 cm³/mol. The summed E-state index contributed by atoms with van der Waals surface area (Å²) in [6.45, 7) is 2.57. The molecule has 0 amide bonds. The van der Waals surface area contributed by atoms with Gasteiger partial charge >= 0.3 is 0 Å². The van der Waals surface area contributed by atoms with E-state index in [1.165, 1.54) is 5.56 Å². The fraction of sp³-hybridized carbons (Fsp3) is 0.600. The standard InChI is InChI=1S/C15H23NO3/c1-10(16)15(7-8-15)12-5-6-13(18-3)14(19-4)11(12)9-17-2/h5-6,10H,7-9,16H2,1-4H3.